The Labute approximate surface area is 171 Å². The molecule has 0 saturated carbocycles. The minimum atomic E-state index is -3.63. The summed E-state index contributed by atoms with van der Waals surface area (Å²) in [5.41, 5.74) is 3.27. The first kappa shape index (κ1) is 22.0. The number of benzene rings is 2. The van der Waals surface area contributed by atoms with E-state index in [1.807, 2.05) is 32.0 Å². The normalized spacial score (nSPS) is 11.2. The Balaban J connectivity index is 1.95. The summed E-state index contributed by atoms with van der Waals surface area (Å²) in [7, 11) is -3.63. The summed E-state index contributed by atoms with van der Waals surface area (Å²) in [6.07, 6.45) is 1.07. The van der Waals surface area contributed by atoms with Crippen LogP contribution in [0.15, 0.2) is 36.4 Å². The summed E-state index contributed by atoms with van der Waals surface area (Å²) in [5, 5.41) is 3.19. The number of carbonyl (C=O) groups excluding carboxylic acids is 1. The largest absolute Gasteiger partial charge is 0.491 e. The van der Waals surface area contributed by atoms with Gasteiger partial charge in [-0.2, -0.15) is 0 Å². The number of hydrogen-bond donors (Lipinski definition) is 1. The molecular weight excluding hydrogens is 400 g/mol. The maximum absolute atomic E-state index is 12.3. The SMILES string of the molecule is Cc1ccc(OCCNC(=O)CN(c2ccc(Cl)cc2C)S(C)(=O)=O)c(C)c1. The predicted octanol–water partition coefficient (Wildman–Crippen LogP) is 3.23. The molecular formula is C20H25ClN2O4S. The molecule has 6 nitrogen and oxygen atoms in total. The fraction of sp³-hybridized carbons (Fsp3) is 0.350. The lowest BCUT2D eigenvalue weighted by Gasteiger charge is -2.23. The van der Waals surface area contributed by atoms with Crippen molar-refractivity contribution in [2.24, 2.45) is 0 Å². The van der Waals surface area contributed by atoms with Crippen molar-refractivity contribution in [1.29, 1.82) is 0 Å². The van der Waals surface area contributed by atoms with E-state index in [1.165, 1.54) is 0 Å². The van der Waals surface area contributed by atoms with Gasteiger partial charge in [-0.15, -0.1) is 0 Å². The van der Waals surface area contributed by atoms with Gasteiger partial charge in [0.05, 0.1) is 18.5 Å². The highest BCUT2D eigenvalue weighted by atomic mass is 35.5. The van der Waals surface area contributed by atoms with E-state index in [0.29, 0.717) is 16.3 Å². The van der Waals surface area contributed by atoms with Crippen LogP contribution in [-0.2, 0) is 14.8 Å². The van der Waals surface area contributed by atoms with Gasteiger partial charge >= 0.3 is 0 Å². The number of hydrogen-bond acceptors (Lipinski definition) is 4. The maximum atomic E-state index is 12.3. The zero-order valence-corrected chi connectivity index (χ0v) is 18.0. The highest BCUT2D eigenvalue weighted by Gasteiger charge is 2.22. The Morgan fingerprint density at radius 2 is 1.82 bits per heavy atom. The van der Waals surface area contributed by atoms with Gasteiger partial charge in [-0.25, -0.2) is 8.42 Å². The van der Waals surface area contributed by atoms with E-state index in [4.69, 9.17) is 16.3 Å². The van der Waals surface area contributed by atoms with Gasteiger partial charge in [0.1, 0.15) is 18.9 Å². The molecule has 0 saturated heterocycles. The molecule has 2 aromatic rings. The summed E-state index contributed by atoms with van der Waals surface area (Å²) in [6.45, 7) is 5.95. The van der Waals surface area contributed by atoms with Gasteiger partial charge in [-0.3, -0.25) is 9.10 Å². The van der Waals surface area contributed by atoms with Gasteiger partial charge in [-0.05, 0) is 56.2 Å². The standard InChI is InChI=1S/C20H25ClN2O4S/c1-14-5-8-19(16(3)11-14)27-10-9-22-20(24)13-23(28(4,25)26)18-7-6-17(21)12-15(18)2/h5-8,11-12H,9-10,13H2,1-4H3,(H,22,24). The van der Waals surface area contributed by atoms with Gasteiger partial charge in [0.2, 0.25) is 15.9 Å². The number of aryl methyl sites for hydroxylation is 3. The number of anilines is 1. The predicted molar refractivity (Wildman–Crippen MR) is 113 cm³/mol. The number of amides is 1. The Hall–Kier alpha value is -2.25. The van der Waals surface area contributed by atoms with Gasteiger partial charge in [0.25, 0.3) is 0 Å². The van der Waals surface area contributed by atoms with Crippen LogP contribution in [0.1, 0.15) is 16.7 Å². The van der Waals surface area contributed by atoms with Gasteiger partial charge < -0.3 is 10.1 Å². The zero-order valence-electron chi connectivity index (χ0n) is 16.5. The quantitative estimate of drug-likeness (QED) is 0.660. The van der Waals surface area contributed by atoms with Crippen LogP contribution in [0, 0.1) is 20.8 Å². The molecule has 0 unspecified atom stereocenters. The van der Waals surface area contributed by atoms with E-state index in [-0.39, 0.29) is 19.7 Å². The molecule has 1 amide bonds. The van der Waals surface area contributed by atoms with Crippen LogP contribution in [0.3, 0.4) is 0 Å². The maximum Gasteiger partial charge on any atom is 0.240 e. The van der Waals surface area contributed by atoms with Crippen molar-refractivity contribution >= 4 is 33.2 Å². The number of ether oxygens (including phenoxy) is 1. The van der Waals surface area contributed by atoms with Crippen molar-refractivity contribution in [3.8, 4) is 5.75 Å². The highest BCUT2D eigenvalue weighted by Crippen LogP contribution is 2.25. The molecule has 0 bridgehead atoms. The van der Waals surface area contributed by atoms with E-state index < -0.39 is 15.9 Å². The average molecular weight is 425 g/mol. The van der Waals surface area contributed by atoms with Crippen molar-refractivity contribution in [3.05, 3.63) is 58.1 Å². The first-order chi connectivity index (χ1) is 13.1. The topological polar surface area (TPSA) is 75.7 Å². The van der Waals surface area contributed by atoms with Gasteiger partial charge in [-0.1, -0.05) is 29.3 Å². The Kier molecular flexibility index (Phi) is 7.32. The molecule has 1 N–H and O–H groups in total. The second-order valence-electron chi connectivity index (χ2n) is 6.67. The first-order valence-corrected chi connectivity index (χ1v) is 11.0. The number of halogens is 1. The third kappa shape index (κ3) is 6.14. The van der Waals surface area contributed by atoms with Crippen LogP contribution < -0.4 is 14.4 Å². The van der Waals surface area contributed by atoms with E-state index >= 15 is 0 Å². The van der Waals surface area contributed by atoms with E-state index in [2.05, 4.69) is 5.32 Å². The third-order valence-corrected chi connectivity index (χ3v) is 5.49. The molecule has 0 fully saturated rings. The molecule has 0 atom stereocenters. The van der Waals surface area contributed by atoms with Crippen LogP contribution in [0.5, 0.6) is 5.75 Å². The summed E-state index contributed by atoms with van der Waals surface area (Å²) in [6, 6.07) is 10.7. The Morgan fingerprint density at radius 3 is 2.43 bits per heavy atom. The van der Waals surface area contributed by atoms with E-state index in [1.54, 1.807) is 25.1 Å². The van der Waals surface area contributed by atoms with Crippen molar-refractivity contribution in [2.75, 3.05) is 30.3 Å². The fourth-order valence-electron chi connectivity index (χ4n) is 2.78. The fourth-order valence-corrected chi connectivity index (χ4v) is 3.92. The molecule has 0 spiro atoms. The monoisotopic (exact) mass is 424 g/mol. The number of carbonyl (C=O) groups is 1. The van der Waals surface area contributed by atoms with Crippen LogP contribution >= 0.6 is 11.6 Å². The van der Waals surface area contributed by atoms with Crippen LogP contribution in [0.4, 0.5) is 5.69 Å². The second-order valence-corrected chi connectivity index (χ2v) is 9.01. The number of rotatable bonds is 8. The summed E-state index contributed by atoms with van der Waals surface area (Å²) in [4.78, 5) is 12.3. The second kappa shape index (κ2) is 9.30. The smallest absolute Gasteiger partial charge is 0.240 e. The zero-order chi connectivity index (χ0) is 20.9. The molecule has 0 aliphatic carbocycles. The lowest BCUT2D eigenvalue weighted by molar-refractivity contribution is -0.119. The van der Waals surface area contributed by atoms with Crippen LogP contribution in [-0.4, -0.2) is 40.3 Å². The summed E-state index contributed by atoms with van der Waals surface area (Å²) in [5.74, 6) is 0.346. The molecule has 28 heavy (non-hydrogen) atoms. The molecule has 0 heterocycles. The molecule has 2 rings (SSSR count). The number of nitrogens with zero attached hydrogens (tertiary/aromatic N) is 1. The molecule has 0 radical (unpaired) electrons. The number of nitrogens with one attached hydrogen (secondary N) is 1. The Morgan fingerprint density at radius 1 is 1.11 bits per heavy atom. The van der Waals surface area contributed by atoms with Crippen LogP contribution in [0.25, 0.3) is 0 Å². The van der Waals surface area contributed by atoms with Crippen LogP contribution in [0.2, 0.25) is 5.02 Å². The molecule has 0 aromatic heterocycles. The molecule has 152 valence electrons. The van der Waals surface area contributed by atoms with Crippen molar-refractivity contribution in [3.63, 3.8) is 0 Å². The minimum absolute atomic E-state index is 0.267. The summed E-state index contributed by atoms with van der Waals surface area (Å²) < 4.78 is 31.1. The highest BCUT2D eigenvalue weighted by molar-refractivity contribution is 7.92. The van der Waals surface area contributed by atoms with E-state index in [9.17, 15) is 13.2 Å². The van der Waals surface area contributed by atoms with Gasteiger partial charge in [0, 0.05) is 5.02 Å². The first-order valence-electron chi connectivity index (χ1n) is 8.78. The lowest BCUT2D eigenvalue weighted by atomic mass is 10.1. The van der Waals surface area contributed by atoms with Crippen molar-refractivity contribution in [2.45, 2.75) is 20.8 Å². The average Bonchev–Trinajstić information content (AvgIpc) is 2.58. The minimum Gasteiger partial charge on any atom is -0.491 e. The molecule has 2 aromatic carbocycles. The van der Waals surface area contributed by atoms with Crippen molar-refractivity contribution in [1.82, 2.24) is 5.32 Å². The van der Waals surface area contributed by atoms with Gasteiger partial charge in [0.15, 0.2) is 0 Å². The summed E-state index contributed by atoms with van der Waals surface area (Å²) >= 11 is 5.94. The third-order valence-electron chi connectivity index (χ3n) is 4.13. The van der Waals surface area contributed by atoms with Crippen molar-refractivity contribution < 1.29 is 17.9 Å². The Bertz CT molecular complexity index is 961. The lowest BCUT2D eigenvalue weighted by Crippen LogP contribution is -2.41. The molecule has 0 aliphatic heterocycles. The molecule has 8 heteroatoms. The number of sulfonamides is 1. The van der Waals surface area contributed by atoms with E-state index in [0.717, 1.165) is 27.4 Å². The molecule has 0 aliphatic rings.